The molecule has 0 saturated carbocycles. The summed E-state index contributed by atoms with van der Waals surface area (Å²) in [6, 6.07) is 8.42. The van der Waals surface area contributed by atoms with Crippen LogP contribution in [0, 0.1) is 5.92 Å². The number of esters is 1. The number of hydrogen-bond acceptors (Lipinski definition) is 5. The molecule has 6 nitrogen and oxygen atoms in total. The molecule has 1 saturated heterocycles. The Bertz CT molecular complexity index is 640. The van der Waals surface area contributed by atoms with Gasteiger partial charge in [-0.1, -0.05) is 30.3 Å². The summed E-state index contributed by atoms with van der Waals surface area (Å²) in [6.07, 6.45) is -4.67. The summed E-state index contributed by atoms with van der Waals surface area (Å²) in [6.45, 7) is 1.03. The fourth-order valence-electron chi connectivity index (χ4n) is 3.19. The van der Waals surface area contributed by atoms with E-state index in [-0.39, 0.29) is 39.1 Å². The van der Waals surface area contributed by atoms with Crippen molar-refractivity contribution >= 4 is 12.1 Å². The van der Waals surface area contributed by atoms with Crippen LogP contribution in [0.4, 0.5) is 18.0 Å². The van der Waals surface area contributed by atoms with Crippen molar-refractivity contribution in [2.75, 3.05) is 26.2 Å². The molecule has 0 unspecified atom stereocenters. The maximum absolute atomic E-state index is 12.7. The fraction of sp³-hybridized carbons (Fsp3) is 0.579. The lowest BCUT2D eigenvalue weighted by Crippen LogP contribution is -2.44. The number of likely N-dealkylation sites (tertiary alicyclic amines) is 1. The summed E-state index contributed by atoms with van der Waals surface area (Å²) in [5.41, 5.74) is 0.803. The first-order chi connectivity index (χ1) is 13.3. The van der Waals surface area contributed by atoms with Gasteiger partial charge in [-0.2, -0.15) is 13.2 Å². The van der Waals surface area contributed by atoms with E-state index in [0.717, 1.165) is 5.56 Å². The zero-order valence-electron chi connectivity index (χ0n) is 15.7. The Kier molecular flexibility index (Phi) is 8.10. The van der Waals surface area contributed by atoms with Crippen LogP contribution in [0.15, 0.2) is 30.3 Å². The predicted molar refractivity (Wildman–Crippen MR) is 95.4 cm³/mol. The maximum Gasteiger partial charge on any atom is 0.407 e. The molecule has 9 heteroatoms. The van der Waals surface area contributed by atoms with Gasteiger partial charge in [0.1, 0.15) is 6.61 Å². The third kappa shape index (κ3) is 7.38. The molecule has 1 N–H and O–H groups in total. The molecule has 1 amide bonds. The van der Waals surface area contributed by atoms with E-state index < -0.39 is 36.7 Å². The Labute approximate surface area is 162 Å². The average Bonchev–Trinajstić information content (AvgIpc) is 2.82. The van der Waals surface area contributed by atoms with Gasteiger partial charge in [-0.05, 0) is 31.9 Å². The molecule has 28 heavy (non-hydrogen) atoms. The van der Waals surface area contributed by atoms with Crippen molar-refractivity contribution in [3.8, 4) is 0 Å². The van der Waals surface area contributed by atoms with Gasteiger partial charge in [-0.15, -0.1) is 0 Å². The first kappa shape index (κ1) is 22.0. The van der Waals surface area contributed by atoms with Crippen molar-refractivity contribution in [1.29, 1.82) is 0 Å². The minimum absolute atomic E-state index is 0.0592. The highest BCUT2D eigenvalue weighted by Gasteiger charge is 2.37. The monoisotopic (exact) mass is 402 g/mol. The zero-order chi connectivity index (χ0) is 20.6. The number of hydrogen-bond donors (Lipinski definition) is 1. The Morgan fingerprint density at radius 2 is 1.82 bits per heavy atom. The molecule has 1 aromatic carbocycles. The summed E-state index contributed by atoms with van der Waals surface area (Å²) < 4.78 is 48.3. The molecule has 1 fully saturated rings. The van der Waals surface area contributed by atoms with Gasteiger partial charge in [0.25, 0.3) is 0 Å². The topological polar surface area (TPSA) is 67.9 Å². The lowest BCUT2D eigenvalue weighted by molar-refractivity contribution is -0.149. The van der Waals surface area contributed by atoms with Crippen LogP contribution in [0.2, 0.25) is 0 Å². The molecule has 2 atom stereocenters. The van der Waals surface area contributed by atoms with Crippen molar-refractivity contribution in [3.05, 3.63) is 35.9 Å². The van der Waals surface area contributed by atoms with Gasteiger partial charge >= 0.3 is 18.2 Å². The Hall–Kier alpha value is -2.29. The van der Waals surface area contributed by atoms with E-state index in [1.54, 1.807) is 19.1 Å². The van der Waals surface area contributed by atoms with E-state index in [2.05, 4.69) is 5.32 Å². The van der Waals surface area contributed by atoms with Crippen molar-refractivity contribution in [2.45, 2.75) is 38.6 Å². The van der Waals surface area contributed by atoms with Crippen LogP contribution < -0.4 is 5.32 Å². The number of nitrogens with one attached hydrogen (secondary N) is 1. The standard InChI is InChI=1S/C19H25F3N2O4/c1-2-27-17(25)15-8-10-24(13-19(20,21)22)11-9-16(15)23-18(26)28-12-14-6-4-3-5-7-14/h3-7,15-16H,2,8-13H2,1H3,(H,23,26)/t15-,16+/m0/s1. The van der Waals surface area contributed by atoms with Crippen molar-refractivity contribution in [2.24, 2.45) is 5.92 Å². The highest BCUT2D eigenvalue weighted by molar-refractivity contribution is 5.75. The average molecular weight is 402 g/mol. The lowest BCUT2D eigenvalue weighted by Gasteiger charge is -2.23. The second-order valence-corrected chi connectivity index (χ2v) is 6.64. The number of alkyl halides is 3. The lowest BCUT2D eigenvalue weighted by atomic mass is 9.95. The van der Waals surface area contributed by atoms with E-state index >= 15 is 0 Å². The van der Waals surface area contributed by atoms with E-state index in [4.69, 9.17) is 9.47 Å². The second-order valence-electron chi connectivity index (χ2n) is 6.64. The van der Waals surface area contributed by atoms with Crippen LogP contribution in [0.5, 0.6) is 0 Å². The van der Waals surface area contributed by atoms with Crippen LogP contribution >= 0.6 is 0 Å². The largest absolute Gasteiger partial charge is 0.466 e. The van der Waals surface area contributed by atoms with Gasteiger partial charge in [0.2, 0.25) is 0 Å². The third-order valence-corrected chi connectivity index (χ3v) is 4.51. The number of rotatable bonds is 6. The third-order valence-electron chi connectivity index (χ3n) is 4.51. The summed E-state index contributed by atoms with van der Waals surface area (Å²) >= 11 is 0. The highest BCUT2D eigenvalue weighted by atomic mass is 19.4. The SMILES string of the molecule is CCOC(=O)[C@H]1CCN(CC(F)(F)F)CC[C@H]1NC(=O)OCc1ccccc1. The molecule has 2 rings (SSSR count). The summed E-state index contributed by atoms with van der Waals surface area (Å²) in [7, 11) is 0. The van der Waals surface area contributed by atoms with Crippen molar-refractivity contribution in [1.82, 2.24) is 10.2 Å². The minimum atomic E-state index is -4.32. The van der Waals surface area contributed by atoms with Gasteiger partial charge in [-0.3, -0.25) is 9.69 Å². The molecule has 0 aliphatic carbocycles. The van der Waals surface area contributed by atoms with E-state index in [1.807, 2.05) is 18.2 Å². The first-order valence-corrected chi connectivity index (χ1v) is 9.21. The molecule has 156 valence electrons. The number of nitrogens with zero attached hydrogens (tertiary/aromatic N) is 1. The van der Waals surface area contributed by atoms with Gasteiger partial charge in [0, 0.05) is 12.6 Å². The quantitative estimate of drug-likeness (QED) is 0.741. The molecule has 1 heterocycles. The summed E-state index contributed by atoms with van der Waals surface area (Å²) in [5, 5.41) is 2.63. The molecule has 1 aliphatic rings. The number of ether oxygens (including phenoxy) is 2. The highest BCUT2D eigenvalue weighted by Crippen LogP contribution is 2.24. The molecule has 0 radical (unpaired) electrons. The predicted octanol–water partition coefficient (Wildman–Crippen LogP) is 3.12. The van der Waals surface area contributed by atoms with Gasteiger partial charge in [-0.25, -0.2) is 4.79 Å². The molecule has 0 aromatic heterocycles. The van der Waals surface area contributed by atoms with Crippen LogP contribution in [0.3, 0.4) is 0 Å². The number of carbonyl (C=O) groups is 2. The molecular formula is C19H25F3N2O4. The Morgan fingerprint density at radius 1 is 1.14 bits per heavy atom. The number of alkyl carbamates (subject to hydrolysis) is 1. The molecule has 1 aromatic rings. The molecular weight excluding hydrogens is 377 g/mol. The van der Waals surface area contributed by atoms with Crippen LogP contribution in [0.1, 0.15) is 25.3 Å². The number of amides is 1. The smallest absolute Gasteiger partial charge is 0.407 e. The molecule has 0 spiro atoms. The van der Waals surface area contributed by atoms with Gasteiger partial charge in [0.15, 0.2) is 0 Å². The van der Waals surface area contributed by atoms with Crippen molar-refractivity contribution in [3.63, 3.8) is 0 Å². The maximum atomic E-state index is 12.7. The van der Waals surface area contributed by atoms with E-state index in [1.165, 1.54) is 4.90 Å². The van der Waals surface area contributed by atoms with Crippen LogP contribution in [0.25, 0.3) is 0 Å². The van der Waals surface area contributed by atoms with E-state index in [9.17, 15) is 22.8 Å². The van der Waals surface area contributed by atoms with Crippen LogP contribution in [-0.4, -0.2) is 55.4 Å². The normalized spacial score (nSPS) is 20.9. The van der Waals surface area contributed by atoms with Gasteiger partial charge < -0.3 is 14.8 Å². The summed E-state index contributed by atoms with van der Waals surface area (Å²) in [5.74, 6) is -1.24. The van der Waals surface area contributed by atoms with E-state index in [0.29, 0.717) is 0 Å². The fourth-order valence-corrected chi connectivity index (χ4v) is 3.19. The zero-order valence-corrected chi connectivity index (χ0v) is 15.7. The Morgan fingerprint density at radius 3 is 2.46 bits per heavy atom. The number of benzene rings is 1. The molecule has 0 bridgehead atoms. The van der Waals surface area contributed by atoms with Crippen molar-refractivity contribution < 1.29 is 32.2 Å². The first-order valence-electron chi connectivity index (χ1n) is 9.21. The van der Waals surface area contributed by atoms with Gasteiger partial charge in [0.05, 0.1) is 19.1 Å². The number of halogens is 3. The number of carbonyl (C=O) groups excluding carboxylic acids is 2. The second kappa shape index (κ2) is 10.3. The summed E-state index contributed by atoms with van der Waals surface area (Å²) in [4.78, 5) is 25.7. The Balaban J connectivity index is 1.98. The van der Waals surface area contributed by atoms with Crippen LogP contribution in [-0.2, 0) is 20.9 Å². The molecule has 1 aliphatic heterocycles. The minimum Gasteiger partial charge on any atom is -0.466 e.